The molecule has 2 heterocycles. The van der Waals surface area contributed by atoms with Gasteiger partial charge in [0, 0.05) is 42.7 Å². The molecule has 0 radical (unpaired) electrons. The first-order valence-corrected chi connectivity index (χ1v) is 11.6. The molecule has 3 rings (SSSR count). The number of anilines is 1. The van der Waals surface area contributed by atoms with Gasteiger partial charge in [0.25, 0.3) is 0 Å². The largest absolute Gasteiger partial charge is 0.372 e. The Morgan fingerprint density at radius 2 is 1.80 bits per heavy atom. The third kappa shape index (κ3) is 5.55. The van der Waals surface area contributed by atoms with E-state index in [2.05, 4.69) is 77.2 Å². The number of pyridine rings is 1. The average molecular weight is 372 g/mol. The van der Waals surface area contributed by atoms with Crippen molar-refractivity contribution in [2.45, 2.75) is 26.3 Å². The summed E-state index contributed by atoms with van der Waals surface area (Å²) in [6.07, 6.45) is 9.26. The van der Waals surface area contributed by atoms with E-state index in [1.165, 1.54) is 48.6 Å². The summed E-state index contributed by atoms with van der Waals surface area (Å²) in [7, 11) is 3.89. The van der Waals surface area contributed by atoms with Gasteiger partial charge in [-0.2, -0.15) is 4.57 Å². The molecule has 0 bridgehead atoms. The predicted octanol–water partition coefficient (Wildman–Crippen LogP) is 5.15. The zero-order valence-electron chi connectivity index (χ0n) is 14.9. The lowest BCUT2D eigenvalue weighted by Crippen LogP contribution is -2.37. The number of benzene rings is 1. The topological polar surface area (TPSA) is 7.12 Å². The molecule has 0 N–H and O–H groups in total. The highest BCUT2D eigenvalue weighted by Crippen LogP contribution is 2.21. The molecule has 1 fully saturated rings. The summed E-state index contributed by atoms with van der Waals surface area (Å²) < 4.78 is 2.33. The van der Waals surface area contributed by atoms with Crippen molar-refractivity contribution in [3.05, 3.63) is 59.9 Å². The highest BCUT2D eigenvalue weighted by Gasteiger charge is 2.11. The van der Waals surface area contributed by atoms with Gasteiger partial charge in [-0.05, 0) is 42.7 Å². The van der Waals surface area contributed by atoms with Crippen molar-refractivity contribution in [2.75, 3.05) is 29.5 Å². The van der Waals surface area contributed by atoms with Crippen LogP contribution in [0.2, 0.25) is 0 Å². The van der Waals surface area contributed by atoms with Crippen LogP contribution in [0.25, 0.3) is 12.2 Å². The number of rotatable bonds is 8. The SMILES string of the molecule is CCSSCC[n+]1ccccc1/C=C/c1ccc(N2CCCC2)cc1. The normalized spacial score (nSPS) is 14.5. The van der Waals surface area contributed by atoms with Crippen LogP contribution in [0.5, 0.6) is 0 Å². The summed E-state index contributed by atoms with van der Waals surface area (Å²) in [5.74, 6) is 2.31. The standard InChI is InChI=1S/C21H27N2S2/c1-2-24-25-18-17-23-14-4-3-7-20(23)11-8-19-9-12-21(13-10-19)22-15-5-6-16-22/h3-4,7-14H,2,5-6,15-18H2,1H3/q+1. The van der Waals surface area contributed by atoms with Crippen LogP contribution in [-0.4, -0.2) is 24.6 Å². The van der Waals surface area contributed by atoms with Gasteiger partial charge in [-0.1, -0.05) is 40.6 Å². The summed E-state index contributed by atoms with van der Waals surface area (Å²) in [6, 6.07) is 15.4. The zero-order valence-corrected chi connectivity index (χ0v) is 16.6. The Morgan fingerprint density at radius 3 is 2.56 bits per heavy atom. The van der Waals surface area contributed by atoms with Crippen molar-refractivity contribution in [1.29, 1.82) is 0 Å². The molecular weight excluding hydrogens is 344 g/mol. The highest BCUT2D eigenvalue weighted by molar-refractivity contribution is 8.76. The number of hydrogen-bond donors (Lipinski definition) is 0. The van der Waals surface area contributed by atoms with Crippen molar-refractivity contribution in [3.63, 3.8) is 0 Å². The second-order valence-corrected chi connectivity index (χ2v) is 9.04. The third-order valence-electron chi connectivity index (χ3n) is 4.40. The first-order valence-electron chi connectivity index (χ1n) is 9.13. The summed E-state index contributed by atoms with van der Waals surface area (Å²) in [6.45, 7) is 5.66. The maximum absolute atomic E-state index is 2.48. The first kappa shape index (κ1) is 18.4. The molecule has 2 aromatic rings. The molecule has 0 spiro atoms. The second-order valence-electron chi connectivity index (χ2n) is 6.17. The van der Waals surface area contributed by atoms with Crippen molar-refractivity contribution < 1.29 is 4.57 Å². The van der Waals surface area contributed by atoms with Crippen LogP contribution in [-0.2, 0) is 6.54 Å². The lowest BCUT2D eigenvalue weighted by Gasteiger charge is -2.17. The minimum absolute atomic E-state index is 1.05. The van der Waals surface area contributed by atoms with E-state index in [1.54, 1.807) is 0 Å². The fourth-order valence-corrected chi connectivity index (χ4v) is 4.71. The molecule has 132 valence electrons. The molecule has 1 aromatic carbocycles. The lowest BCUT2D eigenvalue weighted by molar-refractivity contribution is -0.694. The van der Waals surface area contributed by atoms with E-state index in [0.717, 1.165) is 12.3 Å². The van der Waals surface area contributed by atoms with Crippen molar-refractivity contribution in [3.8, 4) is 0 Å². The van der Waals surface area contributed by atoms with Crippen LogP contribution in [0.1, 0.15) is 31.0 Å². The Balaban J connectivity index is 1.63. The highest BCUT2D eigenvalue weighted by atomic mass is 33.1. The minimum Gasteiger partial charge on any atom is -0.372 e. The molecule has 1 aliphatic heterocycles. The number of aryl methyl sites for hydroxylation is 1. The van der Waals surface area contributed by atoms with E-state index in [0.29, 0.717) is 0 Å². The molecule has 1 aliphatic rings. The Hall–Kier alpha value is -1.39. The monoisotopic (exact) mass is 371 g/mol. The van der Waals surface area contributed by atoms with Gasteiger partial charge in [0.1, 0.15) is 0 Å². The molecule has 1 aromatic heterocycles. The van der Waals surface area contributed by atoms with Gasteiger partial charge in [-0.3, -0.25) is 0 Å². The van der Waals surface area contributed by atoms with Crippen molar-refractivity contribution in [2.24, 2.45) is 0 Å². The fourth-order valence-electron chi connectivity index (χ4n) is 3.08. The smallest absolute Gasteiger partial charge is 0.205 e. The molecule has 0 saturated carbocycles. The summed E-state index contributed by atoms with van der Waals surface area (Å²) >= 11 is 0. The molecule has 0 amide bonds. The van der Waals surface area contributed by atoms with Gasteiger partial charge < -0.3 is 4.90 Å². The van der Waals surface area contributed by atoms with Crippen LogP contribution in [0.15, 0.2) is 48.7 Å². The maximum Gasteiger partial charge on any atom is 0.205 e. The van der Waals surface area contributed by atoms with E-state index in [9.17, 15) is 0 Å². The van der Waals surface area contributed by atoms with Crippen molar-refractivity contribution in [1.82, 2.24) is 0 Å². The lowest BCUT2D eigenvalue weighted by atomic mass is 10.1. The first-order chi connectivity index (χ1) is 12.4. The minimum atomic E-state index is 1.05. The summed E-state index contributed by atoms with van der Waals surface area (Å²) in [5, 5.41) is 0. The quantitative estimate of drug-likeness (QED) is 0.360. The molecule has 25 heavy (non-hydrogen) atoms. The Morgan fingerprint density at radius 1 is 1.00 bits per heavy atom. The molecule has 1 saturated heterocycles. The molecule has 0 unspecified atom stereocenters. The van der Waals surface area contributed by atoms with E-state index >= 15 is 0 Å². The molecular formula is C21H27N2S2+. The van der Waals surface area contributed by atoms with E-state index in [-0.39, 0.29) is 0 Å². The van der Waals surface area contributed by atoms with E-state index in [4.69, 9.17) is 0 Å². The fraction of sp³-hybridized carbons (Fsp3) is 0.381. The second kappa shape index (κ2) is 9.93. The molecule has 0 aliphatic carbocycles. The molecule has 0 atom stereocenters. The molecule has 4 heteroatoms. The number of nitrogens with zero attached hydrogens (tertiary/aromatic N) is 2. The average Bonchev–Trinajstić information content (AvgIpc) is 3.19. The maximum atomic E-state index is 2.48. The Labute approximate surface area is 159 Å². The van der Waals surface area contributed by atoms with Gasteiger partial charge in [-0.25, -0.2) is 0 Å². The van der Waals surface area contributed by atoms with Gasteiger partial charge in [0.15, 0.2) is 12.7 Å². The van der Waals surface area contributed by atoms with Gasteiger partial charge in [-0.15, -0.1) is 0 Å². The summed E-state index contributed by atoms with van der Waals surface area (Å²) in [5.41, 5.74) is 3.87. The van der Waals surface area contributed by atoms with Gasteiger partial charge >= 0.3 is 0 Å². The predicted molar refractivity (Wildman–Crippen MR) is 114 cm³/mol. The summed E-state index contributed by atoms with van der Waals surface area (Å²) in [4.78, 5) is 2.48. The zero-order chi connectivity index (χ0) is 17.3. The van der Waals surface area contributed by atoms with Crippen LogP contribution >= 0.6 is 21.6 Å². The van der Waals surface area contributed by atoms with Gasteiger partial charge in [0.2, 0.25) is 5.69 Å². The molecule has 2 nitrogen and oxygen atoms in total. The van der Waals surface area contributed by atoms with Crippen LogP contribution in [0, 0.1) is 0 Å². The van der Waals surface area contributed by atoms with Crippen LogP contribution in [0.4, 0.5) is 5.69 Å². The number of aromatic nitrogens is 1. The van der Waals surface area contributed by atoms with Crippen LogP contribution < -0.4 is 9.47 Å². The third-order valence-corrected chi connectivity index (χ3v) is 6.86. The Kier molecular flexibility index (Phi) is 7.31. The van der Waals surface area contributed by atoms with E-state index in [1.807, 2.05) is 21.6 Å². The van der Waals surface area contributed by atoms with Crippen LogP contribution in [0.3, 0.4) is 0 Å². The van der Waals surface area contributed by atoms with E-state index < -0.39 is 0 Å². The van der Waals surface area contributed by atoms with Crippen molar-refractivity contribution >= 4 is 39.4 Å². The van der Waals surface area contributed by atoms with Gasteiger partial charge in [0.05, 0.1) is 5.75 Å². The number of hydrogen-bond acceptors (Lipinski definition) is 3. The Bertz CT molecular complexity index is 677.